The number of aliphatic hydroxyl groups is 1. The van der Waals surface area contributed by atoms with Gasteiger partial charge in [0.15, 0.2) is 6.04 Å². The van der Waals surface area contributed by atoms with Crippen molar-refractivity contribution in [3.8, 4) is 0 Å². The number of carbonyl (C=O) groups is 1. The lowest BCUT2D eigenvalue weighted by Crippen LogP contribution is -2.59. The molecule has 0 radical (unpaired) electrons. The lowest BCUT2D eigenvalue weighted by molar-refractivity contribution is -0.158. The van der Waals surface area contributed by atoms with Crippen molar-refractivity contribution in [3.05, 3.63) is 47.7 Å². The summed E-state index contributed by atoms with van der Waals surface area (Å²) in [5, 5.41) is 13.9. The van der Waals surface area contributed by atoms with Crippen molar-refractivity contribution in [2.24, 2.45) is 0 Å². The number of amides is 2. The Morgan fingerprint density at radius 1 is 1.31 bits per heavy atom. The molecule has 3 atom stereocenters. The maximum atomic E-state index is 13.7. The van der Waals surface area contributed by atoms with Gasteiger partial charge in [-0.15, -0.1) is 0 Å². The first-order valence-electron chi connectivity index (χ1n) is 9.64. The molecule has 0 unspecified atom stereocenters. The van der Waals surface area contributed by atoms with Crippen LogP contribution < -0.4 is 15.5 Å². The molecule has 2 aromatic heterocycles. The number of carbonyl (C=O) groups excluding carboxylic acids is 1. The molecule has 32 heavy (non-hydrogen) atoms. The number of nitrogens with one attached hydrogen (secondary N) is 2. The largest absolute Gasteiger partial charge is 0.458 e. The standard InChI is InChI=1S/C20H19F4N5O3/c1-9-13-5-11(21)3-4-15(13)32-16(9)17(20(22,23)24)28-19(31)27-12-6-25-18(26-7-12)29-8-14(30)10(29)2/h3-7,10,14,17,30H,8H2,1-2H3,(H2,27,28,31)/t10-,14+,17-/m0/s1. The minimum atomic E-state index is -4.87. The molecule has 170 valence electrons. The van der Waals surface area contributed by atoms with E-state index in [4.69, 9.17) is 4.42 Å². The summed E-state index contributed by atoms with van der Waals surface area (Å²) in [6.45, 7) is 3.52. The Bertz CT molecular complexity index is 1150. The van der Waals surface area contributed by atoms with E-state index in [0.717, 1.165) is 12.1 Å². The van der Waals surface area contributed by atoms with Crippen LogP contribution in [0, 0.1) is 12.7 Å². The monoisotopic (exact) mass is 453 g/mol. The van der Waals surface area contributed by atoms with Gasteiger partial charge in [0.05, 0.1) is 30.2 Å². The number of hydrogen-bond donors (Lipinski definition) is 3. The summed E-state index contributed by atoms with van der Waals surface area (Å²) in [6, 6.07) is -0.398. The van der Waals surface area contributed by atoms with E-state index in [-0.39, 0.29) is 28.3 Å². The molecule has 0 bridgehead atoms. The van der Waals surface area contributed by atoms with E-state index in [1.54, 1.807) is 11.8 Å². The van der Waals surface area contributed by atoms with Gasteiger partial charge in [-0.2, -0.15) is 13.2 Å². The summed E-state index contributed by atoms with van der Waals surface area (Å²) in [7, 11) is 0. The Morgan fingerprint density at radius 3 is 2.59 bits per heavy atom. The number of rotatable bonds is 4. The van der Waals surface area contributed by atoms with Crippen LogP contribution in [-0.2, 0) is 0 Å². The molecule has 1 aliphatic heterocycles. The number of benzene rings is 1. The minimum absolute atomic E-state index is 0.0701. The zero-order chi connectivity index (χ0) is 23.2. The van der Waals surface area contributed by atoms with Crippen LogP contribution in [0.15, 0.2) is 35.0 Å². The van der Waals surface area contributed by atoms with E-state index in [1.165, 1.54) is 25.4 Å². The molecule has 1 saturated heterocycles. The predicted octanol–water partition coefficient (Wildman–Crippen LogP) is 3.66. The van der Waals surface area contributed by atoms with Crippen LogP contribution in [0.1, 0.15) is 24.3 Å². The van der Waals surface area contributed by atoms with Crippen LogP contribution in [0.25, 0.3) is 11.0 Å². The molecule has 12 heteroatoms. The number of urea groups is 1. The number of fused-ring (bicyclic) bond motifs is 1. The molecule has 1 aliphatic rings. The molecular weight excluding hydrogens is 434 g/mol. The second kappa shape index (κ2) is 7.93. The van der Waals surface area contributed by atoms with Crippen molar-refractivity contribution >= 4 is 28.6 Å². The first-order valence-corrected chi connectivity index (χ1v) is 9.64. The second-order valence-corrected chi connectivity index (χ2v) is 7.54. The van der Waals surface area contributed by atoms with Crippen molar-refractivity contribution < 1.29 is 31.9 Å². The Morgan fingerprint density at radius 2 is 2.00 bits per heavy atom. The van der Waals surface area contributed by atoms with Crippen LogP contribution in [0.2, 0.25) is 0 Å². The number of aromatic nitrogens is 2. The maximum absolute atomic E-state index is 13.7. The quantitative estimate of drug-likeness (QED) is 0.521. The topological polar surface area (TPSA) is 104 Å². The summed E-state index contributed by atoms with van der Waals surface area (Å²) in [5.74, 6) is -0.829. The summed E-state index contributed by atoms with van der Waals surface area (Å²) >= 11 is 0. The van der Waals surface area contributed by atoms with Crippen LogP contribution in [0.4, 0.5) is 34.0 Å². The molecule has 3 N–H and O–H groups in total. The van der Waals surface area contributed by atoms with Crippen LogP contribution in [-0.4, -0.2) is 46.0 Å². The van der Waals surface area contributed by atoms with Crippen LogP contribution >= 0.6 is 0 Å². The van der Waals surface area contributed by atoms with Crippen molar-refractivity contribution in [3.63, 3.8) is 0 Å². The highest BCUT2D eigenvalue weighted by atomic mass is 19.4. The zero-order valence-electron chi connectivity index (χ0n) is 16.9. The zero-order valence-corrected chi connectivity index (χ0v) is 16.9. The van der Waals surface area contributed by atoms with Gasteiger partial charge in [0.1, 0.15) is 17.2 Å². The van der Waals surface area contributed by atoms with Gasteiger partial charge in [0.2, 0.25) is 5.95 Å². The normalized spacial score (nSPS) is 19.5. The highest BCUT2D eigenvalue weighted by Gasteiger charge is 2.45. The number of nitrogens with zero attached hydrogens (tertiary/aromatic N) is 3. The van der Waals surface area contributed by atoms with Crippen molar-refractivity contribution in [1.82, 2.24) is 15.3 Å². The first kappa shape index (κ1) is 21.8. The molecule has 8 nitrogen and oxygen atoms in total. The number of alkyl halides is 3. The van der Waals surface area contributed by atoms with Gasteiger partial charge < -0.3 is 25.1 Å². The molecule has 4 rings (SSSR count). The molecule has 2 amide bonds. The molecule has 0 spiro atoms. The van der Waals surface area contributed by atoms with Crippen LogP contribution in [0.5, 0.6) is 0 Å². The number of anilines is 2. The second-order valence-electron chi connectivity index (χ2n) is 7.54. The lowest BCUT2D eigenvalue weighted by atomic mass is 10.0. The number of aliphatic hydroxyl groups excluding tert-OH is 1. The van der Waals surface area contributed by atoms with E-state index in [9.17, 15) is 27.5 Å². The van der Waals surface area contributed by atoms with Gasteiger partial charge in [0.25, 0.3) is 0 Å². The predicted molar refractivity (Wildman–Crippen MR) is 107 cm³/mol. The fourth-order valence-corrected chi connectivity index (χ4v) is 3.47. The highest BCUT2D eigenvalue weighted by Crippen LogP contribution is 2.38. The van der Waals surface area contributed by atoms with E-state index >= 15 is 0 Å². The molecule has 0 saturated carbocycles. The number of hydrogen-bond acceptors (Lipinski definition) is 6. The van der Waals surface area contributed by atoms with Gasteiger partial charge in [-0.3, -0.25) is 0 Å². The fourth-order valence-electron chi connectivity index (χ4n) is 3.47. The highest BCUT2D eigenvalue weighted by molar-refractivity contribution is 5.89. The Hall–Kier alpha value is -3.41. The summed E-state index contributed by atoms with van der Waals surface area (Å²) < 4.78 is 59.9. The summed E-state index contributed by atoms with van der Waals surface area (Å²) in [5.41, 5.74) is 0.217. The van der Waals surface area contributed by atoms with E-state index in [0.29, 0.717) is 12.5 Å². The third-order valence-electron chi connectivity index (χ3n) is 5.39. The van der Waals surface area contributed by atoms with E-state index in [2.05, 4.69) is 15.3 Å². The van der Waals surface area contributed by atoms with Crippen molar-refractivity contribution in [1.29, 1.82) is 0 Å². The average molecular weight is 453 g/mol. The number of aryl methyl sites for hydroxylation is 1. The first-order chi connectivity index (χ1) is 15.0. The van der Waals surface area contributed by atoms with Gasteiger partial charge in [-0.25, -0.2) is 19.2 Å². The Labute approximate surface area is 179 Å². The average Bonchev–Trinajstić information content (AvgIpc) is 3.05. The summed E-state index contributed by atoms with van der Waals surface area (Å²) in [4.78, 5) is 22.1. The Kier molecular flexibility index (Phi) is 5.41. The number of β-amino-alcohol motifs (C(OH)–C–C–N with tert-alkyl or cyclic N) is 1. The number of halogens is 4. The molecule has 0 aliphatic carbocycles. The van der Waals surface area contributed by atoms with Gasteiger partial charge >= 0.3 is 12.2 Å². The fraction of sp³-hybridized carbons (Fsp3) is 0.350. The molecular formula is C20H19F4N5O3. The van der Waals surface area contributed by atoms with Crippen molar-refractivity contribution in [2.45, 2.75) is 38.2 Å². The SMILES string of the molecule is Cc1c([C@H](NC(=O)Nc2cnc(N3C[C@@H](O)[C@@H]3C)nc2)C(F)(F)F)oc2ccc(F)cc12. The smallest absolute Gasteiger partial charge is 0.416 e. The van der Waals surface area contributed by atoms with Crippen LogP contribution in [0.3, 0.4) is 0 Å². The third-order valence-corrected chi connectivity index (χ3v) is 5.39. The minimum Gasteiger partial charge on any atom is -0.458 e. The Balaban J connectivity index is 1.50. The molecule has 1 aromatic carbocycles. The molecule has 3 aromatic rings. The number of furan rings is 1. The molecule has 1 fully saturated rings. The maximum Gasteiger partial charge on any atom is 0.416 e. The van der Waals surface area contributed by atoms with E-state index < -0.39 is 35.9 Å². The summed E-state index contributed by atoms with van der Waals surface area (Å²) in [6.07, 6.45) is -2.86. The van der Waals surface area contributed by atoms with Gasteiger partial charge in [0, 0.05) is 17.5 Å². The van der Waals surface area contributed by atoms with E-state index in [1.807, 2.05) is 5.32 Å². The third kappa shape index (κ3) is 4.05. The van der Waals surface area contributed by atoms with Crippen molar-refractivity contribution in [2.75, 3.05) is 16.8 Å². The van der Waals surface area contributed by atoms with Gasteiger partial charge in [-0.1, -0.05) is 0 Å². The lowest BCUT2D eigenvalue weighted by Gasteiger charge is -2.43. The molecule has 3 heterocycles. The van der Waals surface area contributed by atoms with Gasteiger partial charge in [-0.05, 0) is 32.0 Å².